The Morgan fingerprint density at radius 2 is 1.84 bits per heavy atom. The number of nitrogens with zero attached hydrogens (tertiary/aromatic N) is 2. The molecule has 0 aliphatic heterocycles. The summed E-state index contributed by atoms with van der Waals surface area (Å²) in [7, 11) is -3.73. The second kappa shape index (κ2) is 9.40. The van der Waals surface area contributed by atoms with Gasteiger partial charge in [-0.1, -0.05) is 17.7 Å². The monoisotopic (exact) mass is 476 g/mol. The molecule has 1 amide bonds. The van der Waals surface area contributed by atoms with Gasteiger partial charge in [-0.3, -0.25) is 4.79 Å². The number of carbonyl (C=O) groups excluding carboxylic acids is 1. The van der Waals surface area contributed by atoms with Crippen LogP contribution in [0.3, 0.4) is 0 Å². The minimum absolute atomic E-state index is 0.0153. The molecule has 0 saturated heterocycles. The van der Waals surface area contributed by atoms with Gasteiger partial charge < -0.3 is 5.32 Å². The van der Waals surface area contributed by atoms with Crippen molar-refractivity contribution in [3.05, 3.63) is 76.3 Å². The average molecular weight is 477 g/mol. The van der Waals surface area contributed by atoms with E-state index in [-0.39, 0.29) is 29.7 Å². The van der Waals surface area contributed by atoms with Gasteiger partial charge in [-0.2, -0.15) is 5.10 Å². The minimum atomic E-state index is -3.73. The lowest BCUT2D eigenvalue weighted by molar-refractivity contribution is 0.0948. The molecule has 0 unspecified atom stereocenters. The molecule has 7 nitrogen and oxygen atoms in total. The second-order valence-corrected chi connectivity index (χ2v) is 9.68. The molecule has 0 bridgehead atoms. The van der Waals surface area contributed by atoms with Gasteiger partial charge in [0.25, 0.3) is 5.91 Å². The number of nitrogens with one attached hydrogen (secondary N) is 2. The number of halogens is 2. The van der Waals surface area contributed by atoms with Crippen molar-refractivity contribution >= 4 is 27.5 Å². The van der Waals surface area contributed by atoms with E-state index in [0.717, 1.165) is 36.9 Å². The van der Waals surface area contributed by atoms with Crippen molar-refractivity contribution in [2.24, 2.45) is 0 Å². The summed E-state index contributed by atoms with van der Waals surface area (Å²) >= 11 is 5.86. The number of aromatic nitrogens is 2. The highest BCUT2D eigenvalue weighted by Gasteiger charge is 2.25. The Kier molecular flexibility index (Phi) is 6.59. The third-order valence-electron chi connectivity index (χ3n) is 5.28. The van der Waals surface area contributed by atoms with Crippen molar-refractivity contribution in [3.63, 3.8) is 0 Å². The first-order chi connectivity index (χ1) is 15.3. The lowest BCUT2D eigenvalue weighted by Crippen LogP contribution is -2.35. The fraction of sp³-hybridized carbons (Fsp3) is 0.273. The summed E-state index contributed by atoms with van der Waals surface area (Å²) in [6.45, 7) is 0.109. The normalized spacial score (nSPS) is 13.6. The summed E-state index contributed by atoms with van der Waals surface area (Å²) in [5, 5.41) is 7.56. The molecule has 1 aromatic heterocycles. The van der Waals surface area contributed by atoms with E-state index in [0.29, 0.717) is 16.4 Å². The van der Waals surface area contributed by atoms with Crippen LogP contribution in [0.2, 0.25) is 5.02 Å². The lowest BCUT2D eigenvalue weighted by atomic mass is 9.95. The van der Waals surface area contributed by atoms with E-state index in [1.807, 2.05) is 0 Å². The highest BCUT2D eigenvalue weighted by molar-refractivity contribution is 7.89. The van der Waals surface area contributed by atoms with Crippen LogP contribution in [0.25, 0.3) is 5.69 Å². The highest BCUT2D eigenvalue weighted by Crippen LogP contribution is 2.27. The van der Waals surface area contributed by atoms with Crippen molar-refractivity contribution in [1.82, 2.24) is 19.8 Å². The number of fused-ring (bicyclic) bond motifs is 1. The number of hydrogen-bond acceptors (Lipinski definition) is 4. The summed E-state index contributed by atoms with van der Waals surface area (Å²) in [6.07, 6.45) is 3.47. The molecular formula is C22H22ClFN4O3S. The molecule has 3 aromatic rings. The standard InChI is InChI=1S/C22H22ClFN4O3S/c23-15-4-3-5-18(14-15)32(30,31)26-13-12-25-22(29)21-19-6-1-2-7-20(19)28(27-21)17-10-8-16(24)9-11-17/h3-5,8-11,14,26H,1-2,6-7,12-13H2,(H,25,29). The summed E-state index contributed by atoms with van der Waals surface area (Å²) in [6, 6.07) is 11.9. The Morgan fingerprint density at radius 3 is 2.59 bits per heavy atom. The largest absolute Gasteiger partial charge is 0.349 e. The van der Waals surface area contributed by atoms with Crippen LogP contribution in [0.5, 0.6) is 0 Å². The highest BCUT2D eigenvalue weighted by atomic mass is 35.5. The zero-order valence-corrected chi connectivity index (χ0v) is 18.7. The first-order valence-corrected chi connectivity index (χ1v) is 12.1. The number of hydrogen-bond donors (Lipinski definition) is 2. The van der Waals surface area contributed by atoms with Crippen LogP contribution in [-0.2, 0) is 22.9 Å². The van der Waals surface area contributed by atoms with Crippen molar-refractivity contribution in [2.75, 3.05) is 13.1 Å². The van der Waals surface area contributed by atoms with Crippen LogP contribution in [0, 0.1) is 5.82 Å². The van der Waals surface area contributed by atoms with Crippen molar-refractivity contribution in [1.29, 1.82) is 0 Å². The molecule has 1 aliphatic carbocycles. The molecule has 0 fully saturated rings. The molecule has 0 saturated carbocycles. The van der Waals surface area contributed by atoms with E-state index in [4.69, 9.17) is 11.6 Å². The zero-order valence-electron chi connectivity index (χ0n) is 17.1. The fourth-order valence-electron chi connectivity index (χ4n) is 3.74. The SMILES string of the molecule is O=C(NCCNS(=O)(=O)c1cccc(Cl)c1)c1nn(-c2ccc(F)cc2)c2c1CCCC2. The molecule has 10 heteroatoms. The summed E-state index contributed by atoms with van der Waals surface area (Å²) < 4.78 is 42.2. The van der Waals surface area contributed by atoms with Crippen LogP contribution >= 0.6 is 11.6 Å². The number of carbonyl (C=O) groups is 1. The van der Waals surface area contributed by atoms with Gasteiger partial charge in [-0.05, 0) is 68.1 Å². The van der Waals surface area contributed by atoms with Crippen molar-refractivity contribution in [2.45, 2.75) is 30.6 Å². The quantitative estimate of drug-likeness (QED) is 0.512. The van der Waals surface area contributed by atoms with Crippen LogP contribution in [-0.4, -0.2) is 37.2 Å². The second-order valence-electron chi connectivity index (χ2n) is 7.48. The molecule has 1 heterocycles. The smallest absolute Gasteiger partial charge is 0.272 e. The van der Waals surface area contributed by atoms with E-state index >= 15 is 0 Å². The zero-order chi connectivity index (χ0) is 22.7. The van der Waals surface area contributed by atoms with E-state index in [1.54, 1.807) is 28.9 Å². The average Bonchev–Trinajstić information content (AvgIpc) is 3.17. The molecule has 0 spiro atoms. The van der Waals surface area contributed by atoms with Crippen molar-refractivity contribution < 1.29 is 17.6 Å². The fourth-order valence-corrected chi connectivity index (χ4v) is 5.07. The summed E-state index contributed by atoms with van der Waals surface area (Å²) in [4.78, 5) is 12.9. The molecule has 0 atom stereocenters. The van der Waals surface area contributed by atoms with E-state index in [1.165, 1.54) is 24.3 Å². The van der Waals surface area contributed by atoms with Gasteiger partial charge in [0, 0.05) is 29.4 Å². The van der Waals surface area contributed by atoms with Gasteiger partial charge in [0.2, 0.25) is 10.0 Å². The third-order valence-corrected chi connectivity index (χ3v) is 6.97. The Morgan fingerprint density at radius 1 is 1.09 bits per heavy atom. The van der Waals surface area contributed by atoms with E-state index < -0.39 is 10.0 Å². The summed E-state index contributed by atoms with van der Waals surface area (Å²) in [5.74, 6) is -0.709. The first kappa shape index (κ1) is 22.4. The Labute approximate surface area is 190 Å². The molecule has 2 aromatic carbocycles. The predicted octanol–water partition coefficient (Wildman–Crippen LogP) is 3.25. The number of amides is 1. The van der Waals surface area contributed by atoms with Crippen molar-refractivity contribution in [3.8, 4) is 5.69 Å². The maximum Gasteiger partial charge on any atom is 0.272 e. The molecule has 4 rings (SSSR count). The van der Waals surface area contributed by atoms with E-state index in [2.05, 4.69) is 15.1 Å². The number of rotatable bonds is 7. The molecule has 2 N–H and O–H groups in total. The number of sulfonamides is 1. The molecule has 32 heavy (non-hydrogen) atoms. The summed E-state index contributed by atoms with van der Waals surface area (Å²) in [5.41, 5.74) is 2.85. The Bertz CT molecular complexity index is 1240. The van der Waals surface area contributed by atoms with Gasteiger partial charge in [0.15, 0.2) is 5.69 Å². The molecule has 0 radical (unpaired) electrons. The van der Waals surface area contributed by atoms with Crippen LogP contribution < -0.4 is 10.0 Å². The van der Waals surface area contributed by atoms with Gasteiger partial charge in [0.1, 0.15) is 5.82 Å². The topological polar surface area (TPSA) is 93.1 Å². The van der Waals surface area contributed by atoms with Gasteiger partial charge in [0.05, 0.1) is 10.6 Å². The minimum Gasteiger partial charge on any atom is -0.349 e. The number of benzene rings is 2. The van der Waals surface area contributed by atoms with Crippen LogP contribution in [0.15, 0.2) is 53.4 Å². The van der Waals surface area contributed by atoms with Crippen LogP contribution in [0.1, 0.15) is 34.6 Å². The first-order valence-electron chi connectivity index (χ1n) is 10.3. The maximum atomic E-state index is 13.3. The predicted molar refractivity (Wildman–Crippen MR) is 119 cm³/mol. The van der Waals surface area contributed by atoms with Gasteiger partial charge in [-0.15, -0.1) is 0 Å². The molecule has 1 aliphatic rings. The Hall–Kier alpha value is -2.75. The molecule has 168 valence electrons. The third kappa shape index (κ3) is 4.85. The molecular weight excluding hydrogens is 455 g/mol. The van der Waals surface area contributed by atoms with Gasteiger partial charge >= 0.3 is 0 Å². The van der Waals surface area contributed by atoms with E-state index in [9.17, 15) is 17.6 Å². The lowest BCUT2D eigenvalue weighted by Gasteiger charge is -2.14. The maximum absolute atomic E-state index is 13.3. The Balaban J connectivity index is 1.44. The van der Waals surface area contributed by atoms with Crippen LogP contribution in [0.4, 0.5) is 4.39 Å². The van der Waals surface area contributed by atoms with Gasteiger partial charge in [-0.25, -0.2) is 22.2 Å².